The van der Waals surface area contributed by atoms with Crippen LogP contribution in [0, 0.1) is 17.5 Å². The molecule has 1 aliphatic heterocycles. The molecule has 0 bridgehead atoms. The fourth-order valence-electron chi connectivity index (χ4n) is 3.92. The Kier molecular flexibility index (Phi) is 6.56. The van der Waals surface area contributed by atoms with E-state index in [1.807, 2.05) is 0 Å². The van der Waals surface area contributed by atoms with Gasteiger partial charge in [-0.05, 0) is 47.5 Å². The first-order valence-corrected chi connectivity index (χ1v) is 10.6. The van der Waals surface area contributed by atoms with Crippen LogP contribution >= 0.6 is 0 Å². The largest absolute Gasteiger partial charge is 0.497 e. The van der Waals surface area contributed by atoms with Crippen molar-refractivity contribution in [3.05, 3.63) is 89.2 Å². The molecule has 1 fully saturated rings. The van der Waals surface area contributed by atoms with Crippen LogP contribution in [0.4, 0.5) is 23.7 Å². The van der Waals surface area contributed by atoms with Gasteiger partial charge in [-0.25, -0.2) is 18.0 Å². The third-order valence-corrected chi connectivity index (χ3v) is 5.76. The molecule has 36 heavy (non-hydrogen) atoms. The van der Waals surface area contributed by atoms with Crippen LogP contribution in [0.2, 0.25) is 0 Å². The Morgan fingerprint density at radius 2 is 1.39 bits per heavy atom. The highest BCUT2D eigenvalue weighted by atomic mass is 19.2. The summed E-state index contributed by atoms with van der Waals surface area (Å²) in [5.41, 5.74) is -1.55. The highest BCUT2D eigenvalue weighted by Gasteiger charge is 2.54. The van der Waals surface area contributed by atoms with E-state index in [0.29, 0.717) is 33.6 Å². The molecule has 4 amide bonds. The molecule has 0 spiro atoms. The van der Waals surface area contributed by atoms with Crippen molar-refractivity contribution >= 4 is 23.5 Å². The summed E-state index contributed by atoms with van der Waals surface area (Å²) < 4.78 is 51.0. The second-order valence-corrected chi connectivity index (χ2v) is 7.80. The standard InChI is InChI=1S/C25H20F3N3O5/c1-35-16-7-3-14(4-8-16)25(15-5-9-17(36-2)10-6-15)23(33)31(24(34)30-25)13-20(32)29-19-12-11-18(26)21(27)22(19)28/h3-12H,13H2,1-2H3,(H,29,32)(H,30,34). The zero-order valence-corrected chi connectivity index (χ0v) is 19.1. The lowest BCUT2D eigenvalue weighted by atomic mass is 9.82. The van der Waals surface area contributed by atoms with Crippen LogP contribution in [0.15, 0.2) is 60.7 Å². The predicted molar refractivity (Wildman–Crippen MR) is 122 cm³/mol. The average Bonchev–Trinajstić information content (AvgIpc) is 3.14. The number of benzene rings is 3. The van der Waals surface area contributed by atoms with Crippen molar-refractivity contribution in [3.63, 3.8) is 0 Å². The smallest absolute Gasteiger partial charge is 0.326 e. The Hall–Kier alpha value is -4.54. The van der Waals surface area contributed by atoms with Gasteiger partial charge in [-0.1, -0.05) is 24.3 Å². The quantitative estimate of drug-likeness (QED) is 0.383. The highest BCUT2D eigenvalue weighted by molar-refractivity contribution is 6.12. The summed E-state index contributed by atoms with van der Waals surface area (Å²) in [6.07, 6.45) is 0. The summed E-state index contributed by atoms with van der Waals surface area (Å²) >= 11 is 0. The molecule has 8 nitrogen and oxygen atoms in total. The van der Waals surface area contributed by atoms with Crippen molar-refractivity contribution in [2.75, 3.05) is 26.1 Å². The molecule has 186 valence electrons. The molecule has 1 aliphatic rings. The number of imide groups is 1. The number of carbonyl (C=O) groups is 3. The van der Waals surface area contributed by atoms with Gasteiger partial charge in [0.25, 0.3) is 5.91 Å². The van der Waals surface area contributed by atoms with Crippen LogP contribution in [0.3, 0.4) is 0 Å². The molecule has 0 unspecified atom stereocenters. The molecule has 0 aromatic heterocycles. The van der Waals surface area contributed by atoms with Crippen LogP contribution in [0.1, 0.15) is 11.1 Å². The minimum Gasteiger partial charge on any atom is -0.497 e. The van der Waals surface area contributed by atoms with Gasteiger partial charge < -0.3 is 20.1 Å². The lowest BCUT2D eigenvalue weighted by molar-refractivity contribution is -0.133. The Morgan fingerprint density at radius 3 is 1.89 bits per heavy atom. The number of halogens is 3. The third-order valence-electron chi connectivity index (χ3n) is 5.76. The minimum atomic E-state index is -1.76. The van der Waals surface area contributed by atoms with E-state index >= 15 is 0 Å². The Labute approximate surface area is 203 Å². The first-order valence-electron chi connectivity index (χ1n) is 10.6. The number of hydrogen-bond donors (Lipinski definition) is 2. The lowest BCUT2D eigenvalue weighted by Crippen LogP contribution is -2.45. The number of nitrogens with zero attached hydrogens (tertiary/aromatic N) is 1. The van der Waals surface area contributed by atoms with Crippen LogP contribution in [-0.4, -0.2) is 43.5 Å². The fraction of sp³-hybridized carbons (Fsp3) is 0.160. The van der Waals surface area contributed by atoms with E-state index in [1.165, 1.54) is 14.2 Å². The number of urea groups is 1. The van der Waals surface area contributed by atoms with Gasteiger partial charge in [-0.2, -0.15) is 0 Å². The summed E-state index contributed by atoms with van der Waals surface area (Å²) in [7, 11) is 2.96. The van der Waals surface area contributed by atoms with Crippen molar-refractivity contribution < 1.29 is 37.0 Å². The molecule has 1 heterocycles. The normalized spacial score (nSPS) is 14.4. The van der Waals surface area contributed by atoms with Crippen LogP contribution < -0.4 is 20.1 Å². The van der Waals surface area contributed by atoms with E-state index in [4.69, 9.17) is 9.47 Å². The fourth-order valence-corrected chi connectivity index (χ4v) is 3.92. The Morgan fingerprint density at radius 1 is 0.861 bits per heavy atom. The van der Waals surface area contributed by atoms with Crippen molar-refractivity contribution in [2.24, 2.45) is 0 Å². The molecular weight excluding hydrogens is 479 g/mol. The van der Waals surface area contributed by atoms with Gasteiger partial charge in [0, 0.05) is 0 Å². The molecule has 2 N–H and O–H groups in total. The number of rotatable bonds is 7. The molecular formula is C25H20F3N3O5. The minimum absolute atomic E-state index is 0.390. The number of anilines is 1. The Bertz CT molecular complexity index is 1280. The molecule has 11 heteroatoms. The van der Waals surface area contributed by atoms with Crippen molar-refractivity contribution in [3.8, 4) is 11.5 Å². The van der Waals surface area contributed by atoms with Gasteiger partial charge in [0.15, 0.2) is 23.0 Å². The number of amides is 4. The van der Waals surface area contributed by atoms with E-state index in [1.54, 1.807) is 48.5 Å². The van der Waals surface area contributed by atoms with Gasteiger partial charge in [0.1, 0.15) is 18.0 Å². The second kappa shape index (κ2) is 9.61. The van der Waals surface area contributed by atoms with Gasteiger partial charge >= 0.3 is 6.03 Å². The van der Waals surface area contributed by atoms with Crippen LogP contribution in [0.25, 0.3) is 0 Å². The topological polar surface area (TPSA) is 97.0 Å². The molecule has 0 aliphatic carbocycles. The molecule has 0 atom stereocenters. The van der Waals surface area contributed by atoms with Gasteiger partial charge in [0.05, 0.1) is 19.9 Å². The summed E-state index contributed by atoms with van der Waals surface area (Å²) in [6.45, 7) is -0.808. The molecule has 3 aromatic rings. The third kappa shape index (κ3) is 4.19. The zero-order valence-electron chi connectivity index (χ0n) is 19.1. The monoisotopic (exact) mass is 499 g/mol. The lowest BCUT2D eigenvalue weighted by Gasteiger charge is -2.28. The van der Waals surface area contributed by atoms with E-state index in [9.17, 15) is 27.6 Å². The molecule has 0 saturated carbocycles. The number of nitrogens with one attached hydrogen (secondary N) is 2. The number of carbonyl (C=O) groups excluding carboxylic acids is 3. The van der Waals surface area contributed by atoms with Crippen LogP contribution in [0.5, 0.6) is 11.5 Å². The summed E-state index contributed by atoms with van der Waals surface area (Å²) in [6, 6.07) is 13.4. The van der Waals surface area contributed by atoms with Crippen molar-refractivity contribution in [1.29, 1.82) is 0 Å². The summed E-state index contributed by atoms with van der Waals surface area (Å²) in [4.78, 5) is 39.9. The second-order valence-electron chi connectivity index (χ2n) is 7.80. The first-order chi connectivity index (χ1) is 17.2. The van der Waals surface area contributed by atoms with Gasteiger partial charge in [0.2, 0.25) is 5.91 Å². The first kappa shape index (κ1) is 24.6. The van der Waals surface area contributed by atoms with Gasteiger partial charge in [-0.3, -0.25) is 14.5 Å². The summed E-state index contributed by atoms with van der Waals surface area (Å²) in [5.74, 6) is -5.53. The molecule has 0 radical (unpaired) electrons. The van der Waals surface area contributed by atoms with Crippen molar-refractivity contribution in [1.82, 2.24) is 10.2 Å². The van der Waals surface area contributed by atoms with E-state index in [2.05, 4.69) is 10.6 Å². The zero-order chi connectivity index (χ0) is 26.0. The molecule has 3 aromatic carbocycles. The highest BCUT2D eigenvalue weighted by Crippen LogP contribution is 2.37. The molecule has 4 rings (SSSR count). The number of hydrogen-bond acceptors (Lipinski definition) is 5. The van der Waals surface area contributed by atoms with Crippen LogP contribution in [-0.2, 0) is 15.1 Å². The summed E-state index contributed by atoms with van der Waals surface area (Å²) in [5, 5.41) is 4.72. The number of methoxy groups -OCH3 is 2. The Balaban J connectivity index is 1.67. The average molecular weight is 499 g/mol. The maximum atomic E-state index is 14.0. The molecule has 1 saturated heterocycles. The predicted octanol–water partition coefficient (Wildman–Crippen LogP) is 3.56. The van der Waals surface area contributed by atoms with E-state index < -0.39 is 53.1 Å². The van der Waals surface area contributed by atoms with Crippen molar-refractivity contribution in [2.45, 2.75) is 5.54 Å². The maximum absolute atomic E-state index is 14.0. The SMILES string of the molecule is COc1ccc(C2(c3ccc(OC)cc3)NC(=O)N(CC(=O)Nc3ccc(F)c(F)c3F)C2=O)cc1. The maximum Gasteiger partial charge on any atom is 0.326 e. The number of ether oxygens (including phenoxy) is 2. The van der Waals surface area contributed by atoms with Gasteiger partial charge in [-0.15, -0.1) is 0 Å². The van der Waals surface area contributed by atoms with E-state index in [-0.39, 0.29) is 0 Å². The van der Waals surface area contributed by atoms with E-state index in [0.717, 1.165) is 6.07 Å².